The zero-order valence-corrected chi connectivity index (χ0v) is 14.6. The minimum atomic E-state index is 0.174. The van der Waals surface area contributed by atoms with Gasteiger partial charge in [0.05, 0.1) is 6.20 Å². The summed E-state index contributed by atoms with van der Waals surface area (Å²) in [7, 11) is 0. The quantitative estimate of drug-likeness (QED) is 0.775. The van der Waals surface area contributed by atoms with Crippen LogP contribution in [-0.2, 0) is 11.3 Å². The Balaban J connectivity index is 1.71. The molecular formula is C18H31N3O. The second-order valence-corrected chi connectivity index (χ2v) is 7.31. The van der Waals surface area contributed by atoms with E-state index in [1.54, 1.807) is 0 Å². The number of ketones is 1. The molecule has 124 valence electrons. The Morgan fingerprint density at radius 3 is 2.50 bits per heavy atom. The summed E-state index contributed by atoms with van der Waals surface area (Å²) in [5.74, 6) is 1.83. The Morgan fingerprint density at radius 2 is 1.95 bits per heavy atom. The molecule has 0 aromatic carbocycles. The van der Waals surface area contributed by atoms with Crippen molar-refractivity contribution in [3.05, 3.63) is 18.0 Å². The fourth-order valence-electron chi connectivity index (χ4n) is 2.99. The molecule has 0 saturated carbocycles. The number of hydrogen-bond acceptors (Lipinski definition) is 3. The second-order valence-electron chi connectivity index (χ2n) is 7.31. The van der Waals surface area contributed by atoms with E-state index >= 15 is 0 Å². The van der Waals surface area contributed by atoms with Crippen molar-refractivity contribution < 1.29 is 4.79 Å². The third-order valence-electron chi connectivity index (χ3n) is 4.79. The van der Waals surface area contributed by atoms with Gasteiger partial charge in [-0.2, -0.15) is 5.10 Å². The monoisotopic (exact) mass is 305 g/mol. The van der Waals surface area contributed by atoms with E-state index in [4.69, 9.17) is 0 Å². The number of nitrogens with zero attached hydrogens (tertiary/aromatic N) is 3. The third kappa shape index (κ3) is 4.94. The molecule has 0 bridgehead atoms. The summed E-state index contributed by atoms with van der Waals surface area (Å²) in [4.78, 5) is 14.2. The first-order valence-electron chi connectivity index (χ1n) is 8.73. The molecule has 1 aliphatic heterocycles. The number of aromatic nitrogens is 2. The smallest absolute Gasteiger partial charge is 0.136 e. The van der Waals surface area contributed by atoms with Gasteiger partial charge in [-0.1, -0.05) is 27.7 Å². The van der Waals surface area contributed by atoms with Gasteiger partial charge in [0, 0.05) is 31.6 Å². The van der Waals surface area contributed by atoms with E-state index in [0.29, 0.717) is 18.1 Å². The Kier molecular flexibility index (Phi) is 6.18. The lowest BCUT2D eigenvalue weighted by Gasteiger charge is -2.31. The van der Waals surface area contributed by atoms with E-state index in [1.807, 2.05) is 20.0 Å². The van der Waals surface area contributed by atoms with E-state index in [2.05, 4.69) is 34.7 Å². The molecule has 1 aliphatic rings. The predicted molar refractivity (Wildman–Crippen MR) is 89.9 cm³/mol. The number of rotatable bonds is 7. The van der Waals surface area contributed by atoms with Crippen LogP contribution in [0.3, 0.4) is 0 Å². The van der Waals surface area contributed by atoms with E-state index in [1.165, 1.54) is 18.4 Å². The van der Waals surface area contributed by atoms with Crippen molar-refractivity contribution in [2.45, 2.75) is 59.4 Å². The molecule has 1 saturated heterocycles. The van der Waals surface area contributed by atoms with Gasteiger partial charge in [0.2, 0.25) is 0 Å². The molecule has 0 atom stereocenters. The number of likely N-dealkylation sites (tertiary alicyclic amines) is 1. The number of hydrogen-bond donors (Lipinski definition) is 0. The summed E-state index contributed by atoms with van der Waals surface area (Å²) in [6.07, 6.45) is 7.33. The lowest BCUT2D eigenvalue weighted by Crippen LogP contribution is -2.36. The molecule has 0 spiro atoms. The summed E-state index contributed by atoms with van der Waals surface area (Å²) in [5.41, 5.74) is 1.32. The van der Waals surface area contributed by atoms with E-state index < -0.39 is 0 Å². The highest BCUT2D eigenvalue weighted by Crippen LogP contribution is 2.20. The standard InChI is InChI=1S/C18H31N3O/c1-14(2)17-11-19-21(13-17)12-16-5-8-20(9-6-16)10-7-18(22)15(3)4/h11,13-16H,5-10,12H2,1-4H3. The van der Waals surface area contributed by atoms with Crippen LogP contribution in [0.5, 0.6) is 0 Å². The van der Waals surface area contributed by atoms with Crippen LogP contribution in [0.15, 0.2) is 12.4 Å². The average molecular weight is 305 g/mol. The highest BCUT2D eigenvalue weighted by molar-refractivity contribution is 5.80. The van der Waals surface area contributed by atoms with Crippen LogP contribution in [0.25, 0.3) is 0 Å². The molecule has 4 heteroatoms. The minimum absolute atomic E-state index is 0.174. The Bertz CT molecular complexity index is 470. The van der Waals surface area contributed by atoms with Gasteiger partial charge >= 0.3 is 0 Å². The maximum absolute atomic E-state index is 11.7. The van der Waals surface area contributed by atoms with Gasteiger partial charge in [0.15, 0.2) is 0 Å². The van der Waals surface area contributed by atoms with Crippen LogP contribution in [0.4, 0.5) is 0 Å². The molecular weight excluding hydrogens is 274 g/mol. The highest BCUT2D eigenvalue weighted by atomic mass is 16.1. The van der Waals surface area contributed by atoms with E-state index in [-0.39, 0.29) is 5.92 Å². The molecule has 0 radical (unpaired) electrons. The highest BCUT2D eigenvalue weighted by Gasteiger charge is 2.20. The number of piperidine rings is 1. The van der Waals surface area contributed by atoms with Crippen LogP contribution < -0.4 is 0 Å². The van der Waals surface area contributed by atoms with Crippen LogP contribution in [0.1, 0.15) is 58.4 Å². The normalized spacial score (nSPS) is 17.5. The first-order chi connectivity index (χ1) is 10.5. The molecule has 22 heavy (non-hydrogen) atoms. The molecule has 0 N–H and O–H groups in total. The summed E-state index contributed by atoms with van der Waals surface area (Å²) < 4.78 is 2.11. The fourth-order valence-corrected chi connectivity index (χ4v) is 2.99. The molecule has 2 rings (SSSR count). The molecule has 1 aromatic rings. The van der Waals surface area contributed by atoms with Crippen LogP contribution in [0.2, 0.25) is 0 Å². The number of Topliss-reactive ketones (excluding diaryl/α,β-unsaturated/α-hetero) is 1. The minimum Gasteiger partial charge on any atom is -0.303 e. The topological polar surface area (TPSA) is 38.1 Å². The first-order valence-corrected chi connectivity index (χ1v) is 8.73. The van der Waals surface area contributed by atoms with Crippen LogP contribution in [0, 0.1) is 11.8 Å². The van der Waals surface area contributed by atoms with Crippen molar-refractivity contribution in [3.63, 3.8) is 0 Å². The molecule has 0 aliphatic carbocycles. The van der Waals surface area contributed by atoms with E-state index in [9.17, 15) is 4.79 Å². The van der Waals surface area contributed by atoms with Crippen molar-refractivity contribution >= 4 is 5.78 Å². The molecule has 1 aromatic heterocycles. The van der Waals surface area contributed by atoms with Gasteiger partial charge in [0.1, 0.15) is 5.78 Å². The maximum atomic E-state index is 11.7. The maximum Gasteiger partial charge on any atom is 0.136 e. The van der Waals surface area contributed by atoms with Crippen molar-refractivity contribution in [1.29, 1.82) is 0 Å². The first kappa shape index (κ1) is 17.2. The zero-order chi connectivity index (χ0) is 16.1. The summed E-state index contributed by atoms with van der Waals surface area (Å²) >= 11 is 0. The molecule has 0 amide bonds. The van der Waals surface area contributed by atoms with Gasteiger partial charge in [-0.05, 0) is 43.3 Å². The Labute approximate surface area is 134 Å². The Hall–Kier alpha value is -1.16. The molecule has 1 fully saturated rings. The molecule has 4 nitrogen and oxygen atoms in total. The van der Waals surface area contributed by atoms with Gasteiger partial charge in [-0.25, -0.2) is 0 Å². The lowest BCUT2D eigenvalue weighted by molar-refractivity contribution is -0.122. The second kappa shape index (κ2) is 7.91. The van der Waals surface area contributed by atoms with Crippen LogP contribution in [-0.4, -0.2) is 40.1 Å². The van der Waals surface area contributed by atoms with Crippen molar-refractivity contribution in [3.8, 4) is 0 Å². The van der Waals surface area contributed by atoms with Crippen molar-refractivity contribution in [1.82, 2.24) is 14.7 Å². The zero-order valence-electron chi connectivity index (χ0n) is 14.6. The molecule has 2 heterocycles. The van der Waals surface area contributed by atoms with Gasteiger partial charge in [-0.3, -0.25) is 9.48 Å². The summed E-state index contributed by atoms with van der Waals surface area (Å²) in [5, 5.41) is 4.49. The summed E-state index contributed by atoms with van der Waals surface area (Å²) in [6, 6.07) is 0. The number of carbonyl (C=O) groups excluding carboxylic acids is 1. The summed E-state index contributed by atoms with van der Waals surface area (Å²) in [6.45, 7) is 12.6. The fraction of sp³-hybridized carbons (Fsp3) is 0.778. The van der Waals surface area contributed by atoms with Crippen molar-refractivity contribution in [2.75, 3.05) is 19.6 Å². The van der Waals surface area contributed by atoms with Crippen molar-refractivity contribution in [2.24, 2.45) is 11.8 Å². The average Bonchev–Trinajstić information content (AvgIpc) is 2.95. The van der Waals surface area contributed by atoms with Gasteiger partial charge in [0.25, 0.3) is 0 Å². The third-order valence-corrected chi connectivity index (χ3v) is 4.79. The van der Waals surface area contributed by atoms with Gasteiger partial charge in [-0.15, -0.1) is 0 Å². The number of carbonyl (C=O) groups is 1. The van der Waals surface area contributed by atoms with Crippen LogP contribution >= 0.6 is 0 Å². The predicted octanol–water partition coefficient (Wildman–Crippen LogP) is 3.33. The SMILES string of the molecule is CC(C)C(=O)CCN1CCC(Cn2cc(C(C)C)cn2)CC1. The largest absolute Gasteiger partial charge is 0.303 e. The Morgan fingerprint density at radius 1 is 1.27 bits per heavy atom. The van der Waals surface area contributed by atoms with Gasteiger partial charge < -0.3 is 4.90 Å². The van der Waals surface area contributed by atoms with E-state index in [0.717, 1.165) is 32.1 Å². The lowest BCUT2D eigenvalue weighted by atomic mass is 9.96. The molecule has 0 unspecified atom stereocenters.